The van der Waals surface area contributed by atoms with E-state index in [2.05, 4.69) is 225 Å². The number of hydrogen-bond acceptors (Lipinski definition) is 2. The molecule has 0 radical (unpaired) electrons. The quantitative estimate of drug-likeness (QED) is 0.130. The van der Waals surface area contributed by atoms with Crippen molar-refractivity contribution in [1.82, 2.24) is 19.9 Å². The van der Waals surface area contributed by atoms with Gasteiger partial charge in [0.2, 0.25) is 0 Å². The van der Waals surface area contributed by atoms with Gasteiger partial charge in [-0.2, -0.15) is 0 Å². The molecule has 8 bridgehead atoms. The van der Waals surface area contributed by atoms with Gasteiger partial charge < -0.3 is 9.97 Å². The van der Waals surface area contributed by atoms with Gasteiger partial charge in [0, 0.05) is 11.1 Å². The number of benzene rings is 4. The van der Waals surface area contributed by atoms with Crippen LogP contribution in [0.2, 0.25) is 39.3 Å². The van der Waals surface area contributed by atoms with Gasteiger partial charge in [0.05, 0.1) is 22.8 Å². The zero-order chi connectivity index (χ0) is 46.7. The van der Waals surface area contributed by atoms with E-state index in [0.29, 0.717) is 0 Å². The van der Waals surface area contributed by atoms with Gasteiger partial charge in [-0.05, 0) is 157 Å². The summed E-state index contributed by atoms with van der Waals surface area (Å²) >= 11 is 0. The van der Waals surface area contributed by atoms with E-state index in [1.165, 1.54) is 33.4 Å². The summed E-state index contributed by atoms with van der Waals surface area (Å²) in [5.41, 5.74) is 31.3. The van der Waals surface area contributed by atoms with Crippen molar-refractivity contribution in [2.75, 3.05) is 0 Å². The second kappa shape index (κ2) is 18.4. The monoisotopic (exact) mass is 952 g/mol. The molecule has 0 aliphatic carbocycles. The number of aryl methyl sites for hydroxylation is 6. The van der Waals surface area contributed by atoms with Crippen molar-refractivity contribution in [2.45, 2.75) is 80.8 Å². The Morgan fingerprint density at radius 3 is 0.955 bits per heavy atom. The van der Waals surface area contributed by atoms with Crippen LogP contribution in [0.15, 0.2) is 97.1 Å². The first kappa shape index (κ1) is 47.2. The van der Waals surface area contributed by atoms with Crippen molar-refractivity contribution in [3.8, 4) is 67.4 Å². The summed E-state index contributed by atoms with van der Waals surface area (Å²) in [4.78, 5) is 22.2. The maximum Gasteiger partial charge on any atom is 2.00 e. The third kappa shape index (κ3) is 9.88. The Morgan fingerprint density at radius 1 is 0.373 bits per heavy atom. The van der Waals surface area contributed by atoms with E-state index in [4.69, 9.17) is 19.9 Å². The van der Waals surface area contributed by atoms with Crippen molar-refractivity contribution < 1.29 is 19.5 Å². The fraction of sp³-hybridized carbons (Fsp3) is 0.200. The molecular weight excluding hydrogens is 898 g/mol. The van der Waals surface area contributed by atoms with Crippen LogP contribution < -0.4 is 9.97 Å². The third-order valence-corrected chi connectivity index (χ3v) is 13.7. The smallest absolute Gasteiger partial charge is 0.657 e. The Kier molecular flexibility index (Phi) is 12.9. The summed E-state index contributed by atoms with van der Waals surface area (Å²) in [6, 6.07) is 34.8. The molecule has 4 aromatic carbocycles. The fourth-order valence-electron chi connectivity index (χ4n) is 9.30. The van der Waals surface area contributed by atoms with Crippen LogP contribution in [0, 0.1) is 64.5 Å². The van der Waals surface area contributed by atoms with E-state index in [-0.39, 0.29) is 19.5 Å². The van der Waals surface area contributed by atoms with Gasteiger partial charge >= 0.3 is 19.5 Å². The zero-order valence-corrected chi connectivity index (χ0v) is 46.0. The molecule has 5 heterocycles. The summed E-state index contributed by atoms with van der Waals surface area (Å²) in [6.07, 6.45) is 8.60. The van der Waals surface area contributed by atoms with E-state index in [0.717, 1.165) is 100 Å². The van der Waals surface area contributed by atoms with E-state index in [9.17, 15) is 0 Å². The van der Waals surface area contributed by atoms with Gasteiger partial charge in [-0.15, -0.1) is 33.2 Å². The molecule has 7 aromatic rings. The van der Waals surface area contributed by atoms with Crippen molar-refractivity contribution in [1.29, 1.82) is 0 Å². The number of fused-ring (bicyclic) bond motifs is 8. The molecule has 4 nitrogen and oxygen atoms in total. The van der Waals surface area contributed by atoms with E-state index < -0.39 is 16.1 Å². The molecule has 0 fully saturated rings. The molecular formula is C60H56N4Si2Zn. The largest absolute Gasteiger partial charge is 2.00 e. The van der Waals surface area contributed by atoms with Crippen LogP contribution in [0.3, 0.4) is 0 Å². The molecule has 326 valence electrons. The van der Waals surface area contributed by atoms with Gasteiger partial charge in [0.25, 0.3) is 0 Å². The number of nitrogens with zero attached hydrogens (tertiary/aromatic N) is 4. The predicted octanol–water partition coefficient (Wildman–Crippen LogP) is 14.9. The Bertz CT molecular complexity index is 3210. The summed E-state index contributed by atoms with van der Waals surface area (Å²) in [7, 11) is -3.12. The van der Waals surface area contributed by atoms with Gasteiger partial charge in [0.1, 0.15) is 16.1 Å². The SMILES string of the molecule is Cc1cc(C)c(-c2c3nc(c(-c4ccc(C#C[Si](C)(C)C)cc4)c4ccc([n-]4)c(-c4c(C)cc(C)cc4C)c4nc(c(-c5ccc(C#C[Si](C)(C)C)cc5)c5ccc2[n-]5)C=C4)C=C3)c(C)c1.[Zn+2]. The van der Waals surface area contributed by atoms with Gasteiger partial charge in [-0.1, -0.05) is 135 Å². The molecule has 7 heteroatoms. The van der Waals surface area contributed by atoms with Crippen LogP contribution in [0.4, 0.5) is 0 Å². The van der Waals surface area contributed by atoms with Crippen molar-refractivity contribution in [2.24, 2.45) is 0 Å². The number of hydrogen-bond donors (Lipinski definition) is 0. The Morgan fingerprint density at radius 2 is 0.657 bits per heavy atom. The molecule has 0 amide bonds. The molecule has 2 aliphatic heterocycles. The van der Waals surface area contributed by atoms with Crippen LogP contribution in [0.1, 0.15) is 67.3 Å². The standard InChI is InChI=1S/C60H56N4Si2.Zn/c1-37-33-39(3)55(40(4)34-37)59-51-25-21-47(61-51)57(45-17-13-43(14-18-45)29-31-65(7,8)9)49-23-27-53(63-49)60(56-41(5)35-38(2)36-42(56)6)54-28-24-50(64-54)58(48-22-26-52(59)62-48)46-19-15-44(16-20-46)30-32-66(10,11)12;/h13-28,33-36H,1-12H3;/q-2;+2. The molecule has 9 rings (SSSR count). The number of rotatable bonds is 4. The first-order valence-corrected chi connectivity index (χ1v) is 29.9. The molecule has 0 saturated carbocycles. The van der Waals surface area contributed by atoms with Crippen LogP contribution >= 0.6 is 0 Å². The van der Waals surface area contributed by atoms with E-state index in [1.807, 2.05) is 0 Å². The first-order chi connectivity index (χ1) is 31.4. The minimum atomic E-state index is -1.56. The molecule has 0 saturated heterocycles. The summed E-state index contributed by atoms with van der Waals surface area (Å²) in [6.45, 7) is 26.7. The van der Waals surface area contributed by atoms with Crippen LogP contribution in [-0.2, 0) is 19.5 Å². The Balaban J connectivity index is 0.00000608. The average molecular weight is 955 g/mol. The average Bonchev–Trinajstić information content (AvgIpc) is 4.09. The van der Waals surface area contributed by atoms with Crippen LogP contribution in [0.25, 0.3) is 90.9 Å². The Labute approximate surface area is 412 Å². The van der Waals surface area contributed by atoms with Crippen LogP contribution in [-0.4, -0.2) is 26.1 Å². The summed E-state index contributed by atoms with van der Waals surface area (Å²) in [5, 5.41) is 0. The molecule has 0 unspecified atom stereocenters. The minimum absolute atomic E-state index is 0. The van der Waals surface area contributed by atoms with E-state index >= 15 is 0 Å². The van der Waals surface area contributed by atoms with Crippen molar-refractivity contribution >= 4 is 62.5 Å². The van der Waals surface area contributed by atoms with Crippen molar-refractivity contribution in [3.63, 3.8) is 0 Å². The van der Waals surface area contributed by atoms with Crippen molar-refractivity contribution in [3.05, 3.63) is 164 Å². The third-order valence-electron chi connectivity index (χ3n) is 12.0. The normalized spacial score (nSPS) is 12.0. The minimum Gasteiger partial charge on any atom is -0.657 e. The molecule has 2 aliphatic rings. The maximum atomic E-state index is 5.55. The second-order valence-electron chi connectivity index (χ2n) is 20.1. The molecule has 0 N–H and O–H groups in total. The molecule has 3 aromatic heterocycles. The van der Waals surface area contributed by atoms with Gasteiger partial charge in [-0.25, -0.2) is 9.97 Å². The Hall–Kier alpha value is -6.34. The zero-order valence-electron chi connectivity index (χ0n) is 41.0. The molecule has 0 atom stereocenters. The first-order valence-electron chi connectivity index (χ1n) is 22.9. The van der Waals surface area contributed by atoms with Gasteiger partial charge in [-0.3, -0.25) is 0 Å². The second-order valence-corrected chi connectivity index (χ2v) is 29.6. The molecule has 0 spiro atoms. The molecule has 67 heavy (non-hydrogen) atoms. The van der Waals surface area contributed by atoms with Crippen LogP contribution in [0.5, 0.6) is 0 Å². The maximum absolute atomic E-state index is 5.55. The fourth-order valence-corrected chi connectivity index (χ4v) is 10.3. The summed E-state index contributed by atoms with van der Waals surface area (Å²) < 4.78 is 0. The topological polar surface area (TPSA) is 54.0 Å². The predicted molar refractivity (Wildman–Crippen MR) is 287 cm³/mol. The summed E-state index contributed by atoms with van der Waals surface area (Å²) in [5.74, 6) is 6.89. The van der Waals surface area contributed by atoms with E-state index in [1.54, 1.807) is 0 Å². The number of aromatic nitrogens is 4. The van der Waals surface area contributed by atoms with Gasteiger partial charge in [0.15, 0.2) is 0 Å².